The second-order valence-corrected chi connectivity index (χ2v) is 6.51. The number of nitrogens with zero attached hydrogens (tertiary/aromatic N) is 3. The van der Waals surface area contributed by atoms with Crippen LogP contribution in [0.1, 0.15) is 38.6 Å². The van der Waals surface area contributed by atoms with E-state index in [0.717, 1.165) is 11.1 Å². The fraction of sp³-hybridized carbons (Fsp3) is 0.474. The van der Waals surface area contributed by atoms with E-state index in [1.54, 1.807) is 0 Å². The van der Waals surface area contributed by atoms with Crippen LogP contribution in [0.2, 0.25) is 0 Å². The van der Waals surface area contributed by atoms with Crippen molar-refractivity contribution in [2.45, 2.75) is 46.6 Å². The molecule has 2 rings (SSSR count). The molecule has 1 aromatic carbocycles. The molecular weight excluding hydrogens is 332 g/mol. The van der Waals surface area contributed by atoms with Gasteiger partial charge in [0.25, 0.3) is 0 Å². The van der Waals surface area contributed by atoms with E-state index >= 15 is 0 Å². The van der Waals surface area contributed by atoms with Crippen molar-refractivity contribution in [2.75, 3.05) is 13.1 Å². The van der Waals surface area contributed by atoms with E-state index in [0.29, 0.717) is 24.7 Å². The number of likely N-dealkylation sites (N-methyl/N-ethyl adjacent to an activating group) is 1. The van der Waals surface area contributed by atoms with Gasteiger partial charge in [-0.2, -0.15) is 4.98 Å². The van der Waals surface area contributed by atoms with Crippen molar-refractivity contribution in [2.24, 2.45) is 0 Å². The van der Waals surface area contributed by atoms with Crippen LogP contribution in [0.15, 0.2) is 28.8 Å². The van der Waals surface area contributed by atoms with E-state index < -0.39 is 0 Å². The molecule has 7 heteroatoms. The van der Waals surface area contributed by atoms with Crippen LogP contribution >= 0.6 is 0 Å². The molecule has 0 atom stereocenters. The number of aryl methyl sites for hydroxylation is 2. The van der Waals surface area contributed by atoms with Crippen LogP contribution in [0.4, 0.5) is 0 Å². The predicted octanol–water partition coefficient (Wildman–Crippen LogP) is 2.35. The van der Waals surface area contributed by atoms with Gasteiger partial charge in [-0.15, -0.1) is 0 Å². The van der Waals surface area contributed by atoms with Gasteiger partial charge < -0.3 is 14.7 Å². The van der Waals surface area contributed by atoms with E-state index in [1.165, 1.54) is 4.90 Å². The Morgan fingerprint density at radius 2 is 1.92 bits per heavy atom. The third-order valence-electron chi connectivity index (χ3n) is 3.85. The summed E-state index contributed by atoms with van der Waals surface area (Å²) in [5, 5.41) is 6.75. The lowest BCUT2D eigenvalue weighted by molar-refractivity contribution is -0.136. The summed E-state index contributed by atoms with van der Waals surface area (Å²) in [5.74, 6) is 0.656. The standard InChI is InChI=1S/C19H26N4O3/c1-5-23(12-16(24)20-13(2)3)18(25)11-10-17-21-19(22-26-17)15-8-6-14(4)7-9-15/h6-9,13H,5,10-12H2,1-4H3,(H,20,24). The van der Waals surface area contributed by atoms with Gasteiger partial charge in [0, 0.05) is 31.0 Å². The fourth-order valence-corrected chi connectivity index (χ4v) is 2.47. The molecule has 0 fully saturated rings. The van der Waals surface area contributed by atoms with Crippen molar-refractivity contribution < 1.29 is 14.1 Å². The number of nitrogens with one attached hydrogen (secondary N) is 1. The first-order valence-corrected chi connectivity index (χ1v) is 8.85. The first-order chi connectivity index (χ1) is 12.4. The highest BCUT2D eigenvalue weighted by Crippen LogP contribution is 2.17. The lowest BCUT2D eigenvalue weighted by atomic mass is 10.1. The maximum atomic E-state index is 12.3. The van der Waals surface area contributed by atoms with E-state index in [9.17, 15) is 9.59 Å². The molecule has 2 aromatic rings. The van der Waals surface area contributed by atoms with Gasteiger partial charge in [0.2, 0.25) is 23.5 Å². The van der Waals surface area contributed by atoms with Crippen molar-refractivity contribution in [3.05, 3.63) is 35.7 Å². The normalized spacial score (nSPS) is 10.8. The number of carbonyl (C=O) groups is 2. The molecule has 7 nitrogen and oxygen atoms in total. The van der Waals surface area contributed by atoms with Gasteiger partial charge in [-0.3, -0.25) is 9.59 Å². The molecule has 0 spiro atoms. The van der Waals surface area contributed by atoms with Gasteiger partial charge in [0.05, 0.1) is 6.54 Å². The van der Waals surface area contributed by atoms with Gasteiger partial charge in [-0.25, -0.2) is 0 Å². The Bertz CT molecular complexity index is 737. The van der Waals surface area contributed by atoms with Crippen LogP contribution in [0.25, 0.3) is 11.4 Å². The zero-order chi connectivity index (χ0) is 19.1. The summed E-state index contributed by atoms with van der Waals surface area (Å²) in [6.07, 6.45) is 0.568. The first-order valence-electron chi connectivity index (χ1n) is 8.85. The average molecular weight is 358 g/mol. The van der Waals surface area contributed by atoms with E-state index in [1.807, 2.05) is 52.0 Å². The summed E-state index contributed by atoms with van der Waals surface area (Å²) in [6, 6.07) is 7.88. The molecule has 1 N–H and O–H groups in total. The number of amides is 2. The van der Waals surface area contributed by atoms with Crippen molar-refractivity contribution in [3.8, 4) is 11.4 Å². The number of hydrogen-bond donors (Lipinski definition) is 1. The highest BCUT2D eigenvalue weighted by molar-refractivity contribution is 5.84. The van der Waals surface area contributed by atoms with Gasteiger partial charge in [-0.1, -0.05) is 35.0 Å². The number of carbonyl (C=O) groups excluding carboxylic acids is 2. The Morgan fingerprint density at radius 1 is 1.23 bits per heavy atom. The minimum absolute atomic E-state index is 0.0508. The third kappa shape index (κ3) is 5.68. The van der Waals surface area contributed by atoms with Crippen LogP contribution in [0, 0.1) is 6.92 Å². The molecule has 26 heavy (non-hydrogen) atoms. The van der Waals surface area contributed by atoms with Crippen LogP contribution < -0.4 is 5.32 Å². The van der Waals surface area contributed by atoms with Crippen LogP contribution in [0.3, 0.4) is 0 Å². The zero-order valence-electron chi connectivity index (χ0n) is 15.8. The molecule has 0 aliphatic rings. The molecule has 140 valence electrons. The predicted molar refractivity (Wildman–Crippen MR) is 98.3 cm³/mol. The molecule has 0 bridgehead atoms. The molecule has 0 radical (unpaired) electrons. The lowest BCUT2D eigenvalue weighted by Gasteiger charge is -2.20. The van der Waals surface area contributed by atoms with E-state index in [-0.39, 0.29) is 30.8 Å². The Morgan fingerprint density at radius 3 is 2.54 bits per heavy atom. The summed E-state index contributed by atoms with van der Waals surface area (Å²) in [6.45, 7) is 8.17. The van der Waals surface area contributed by atoms with Crippen LogP contribution in [-0.2, 0) is 16.0 Å². The van der Waals surface area contributed by atoms with Gasteiger partial charge in [0.15, 0.2) is 0 Å². The second kappa shape index (κ2) is 9.12. The summed E-state index contributed by atoms with van der Waals surface area (Å²) in [5.41, 5.74) is 2.03. The summed E-state index contributed by atoms with van der Waals surface area (Å²) < 4.78 is 5.24. The third-order valence-corrected chi connectivity index (χ3v) is 3.85. The summed E-state index contributed by atoms with van der Waals surface area (Å²) in [7, 11) is 0. The monoisotopic (exact) mass is 358 g/mol. The minimum Gasteiger partial charge on any atom is -0.352 e. The molecule has 1 heterocycles. The van der Waals surface area contributed by atoms with Gasteiger partial charge in [-0.05, 0) is 27.7 Å². The van der Waals surface area contributed by atoms with Gasteiger partial charge >= 0.3 is 0 Å². The first kappa shape index (κ1) is 19.6. The van der Waals surface area contributed by atoms with E-state index in [4.69, 9.17) is 4.52 Å². The number of benzene rings is 1. The van der Waals surface area contributed by atoms with Gasteiger partial charge in [0.1, 0.15) is 0 Å². The number of aromatic nitrogens is 2. The van der Waals surface area contributed by atoms with Crippen molar-refractivity contribution >= 4 is 11.8 Å². The summed E-state index contributed by atoms with van der Waals surface area (Å²) in [4.78, 5) is 30.0. The molecule has 0 saturated heterocycles. The Hall–Kier alpha value is -2.70. The second-order valence-electron chi connectivity index (χ2n) is 6.51. The highest BCUT2D eigenvalue weighted by Gasteiger charge is 2.17. The zero-order valence-corrected chi connectivity index (χ0v) is 15.8. The largest absolute Gasteiger partial charge is 0.352 e. The smallest absolute Gasteiger partial charge is 0.239 e. The molecular formula is C19H26N4O3. The number of rotatable bonds is 8. The summed E-state index contributed by atoms with van der Waals surface area (Å²) >= 11 is 0. The maximum absolute atomic E-state index is 12.3. The highest BCUT2D eigenvalue weighted by atomic mass is 16.5. The van der Waals surface area contributed by atoms with Crippen LogP contribution in [-0.4, -0.2) is 46.0 Å². The maximum Gasteiger partial charge on any atom is 0.239 e. The molecule has 2 amide bonds. The lowest BCUT2D eigenvalue weighted by Crippen LogP contribution is -2.42. The van der Waals surface area contributed by atoms with Crippen molar-refractivity contribution in [3.63, 3.8) is 0 Å². The minimum atomic E-state index is -0.158. The van der Waals surface area contributed by atoms with Crippen LogP contribution in [0.5, 0.6) is 0 Å². The quantitative estimate of drug-likeness (QED) is 0.782. The molecule has 0 aliphatic heterocycles. The van der Waals surface area contributed by atoms with Crippen molar-refractivity contribution in [1.29, 1.82) is 0 Å². The molecule has 1 aromatic heterocycles. The molecule has 0 aliphatic carbocycles. The Kier molecular flexibility index (Phi) is 6.89. The average Bonchev–Trinajstić information content (AvgIpc) is 3.06. The molecule has 0 unspecified atom stereocenters. The Labute approximate surface area is 153 Å². The Balaban J connectivity index is 1.90. The van der Waals surface area contributed by atoms with Crippen molar-refractivity contribution in [1.82, 2.24) is 20.4 Å². The fourth-order valence-electron chi connectivity index (χ4n) is 2.47. The number of hydrogen-bond acceptors (Lipinski definition) is 5. The topological polar surface area (TPSA) is 88.3 Å². The SMILES string of the molecule is CCN(CC(=O)NC(C)C)C(=O)CCc1nc(-c2ccc(C)cc2)no1. The molecule has 0 saturated carbocycles. The van der Waals surface area contributed by atoms with E-state index in [2.05, 4.69) is 15.5 Å².